The van der Waals surface area contributed by atoms with Crippen molar-refractivity contribution in [1.82, 2.24) is 9.47 Å². The maximum atomic E-state index is 12.7. The number of benzene rings is 2. The summed E-state index contributed by atoms with van der Waals surface area (Å²) in [5.41, 5.74) is 3.47. The summed E-state index contributed by atoms with van der Waals surface area (Å²) >= 11 is 6.78. The van der Waals surface area contributed by atoms with Crippen LogP contribution in [0.25, 0.3) is 27.9 Å². The van der Waals surface area contributed by atoms with Crippen LogP contribution in [0.4, 0.5) is 0 Å². The molecule has 0 atom stereocenters. The van der Waals surface area contributed by atoms with E-state index >= 15 is 0 Å². The maximum Gasteiger partial charge on any atom is 0.266 e. The lowest BCUT2D eigenvalue weighted by molar-refractivity contribution is -0.122. The molecule has 1 aliphatic rings. The molecule has 3 aromatic rings. The first-order valence-electron chi connectivity index (χ1n) is 9.39. The molecule has 4 nitrogen and oxygen atoms in total. The number of thioether (sulfide) groups is 1. The monoisotopic (exact) mass is 410 g/mol. The van der Waals surface area contributed by atoms with Crippen LogP contribution in [0.1, 0.15) is 18.9 Å². The summed E-state index contributed by atoms with van der Waals surface area (Å²) in [6, 6.07) is 14.8. The SMILES string of the molecule is CCn1c2ccccc2c2cc(C=C3SC(=S)N(CCCOC)C3=O)ccc21. The van der Waals surface area contributed by atoms with Crippen molar-refractivity contribution < 1.29 is 9.53 Å². The average molecular weight is 411 g/mol. The van der Waals surface area contributed by atoms with Crippen LogP contribution < -0.4 is 0 Å². The molecule has 0 radical (unpaired) electrons. The first-order valence-corrected chi connectivity index (χ1v) is 10.6. The Hall–Kier alpha value is -2.15. The third-order valence-electron chi connectivity index (χ3n) is 5.01. The van der Waals surface area contributed by atoms with Crippen molar-refractivity contribution in [3.8, 4) is 0 Å². The molecule has 144 valence electrons. The molecule has 0 unspecified atom stereocenters. The Bertz CT molecular complexity index is 1100. The van der Waals surface area contributed by atoms with Crippen LogP contribution in [-0.2, 0) is 16.1 Å². The molecule has 0 N–H and O–H groups in total. The molecule has 0 saturated carbocycles. The predicted molar refractivity (Wildman–Crippen MR) is 121 cm³/mol. The van der Waals surface area contributed by atoms with Gasteiger partial charge < -0.3 is 9.30 Å². The van der Waals surface area contributed by atoms with Gasteiger partial charge in [-0.05, 0) is 43.2 Å². The Balaban J connectivity index is 1.69. The van der Waals surface area contributed by atoms with Crippen molar-refractivity contribution in [3.63, 3.8) is 0 Å². The summed E-state index contributed by atoms with van der Waals surface area (Å²) in [6.07, 6.45) is 2.73. The standard InChI is InChI=1S/C22H22N2O2S2/c1-3-23-18-8-5-4-7-16(18)17-13-15(9-10-19(17)23)14-20-21(25)24(22(27)28-20)11-6-12-26-2/h4-5,7-10,13-14H,3,6,11-12H2,1-2H3. The minimum absolute atomic E-state index is 0.0119. The van der Waals surface area contributed by atoms with Crippen LogP contribution in [0.5, 0.6) is 0 Å². The quantitative estimate of drug-likeness (QED) is 0.323. The number of aryl methyl sites for hydroxylation is 1. The minimum Gasteiger partial charge on any atom is -0.385 e. The molecule has 4 rings (SSSR count). The number of fused-ring (bicyclic) bond motifs is 3. The van der Waals surface area contributed by atoms with Gasteiger partial charge in [-0.25, -0.2) is 0 Å². The molecule has 0 aliphatic carbocycles. The van der Waals surface area contributed by atoms with Crippen molar-refractivity contribution in [2.75, 3.05) is 20.3 Å². The normalized spacial score (nSPS) is 16.2. The molecule has 1 saturated heterocycles. The third kappa shape index (κ3) is 3.36. The van der Waals surface area contributed by atoms with E-state index in [0.717, 1.165) is 18.5 Å². The fourth-order valence-corrected chi connectivity index (χ4v) is 5.02. The van der Waals surface area contributed by atoms with Gasteiger partial charge in [0.05, 0.1) is 4.91 Å². The number of hydrogen-bond acceptors (Lipinski definition) is 4. The number of carbonyl (C=O) groups is 1. The summed E-state index contributed by atoms with van der Waals surface area (Å²) < 4.78 is 8.02. The minimum atomic E-state index is -0.0119. The molecule has 1 amide bonds. The first kappa shape index (κ1) is 19.2. The van der Waals surface area contributed by atoms with Gasteiger partial charge in [0, 0.05) is 48.6 Å². The molecule has 0 bridgehead atoms. The third-order valence-corrected chi connectivity index (χ3v) is 6.39. The van der Waals surface area contributed by atoms with E-state index in [1.165, 1.54) is 33.6 Å². The number of thiocarbonyl (C=S) groups is 1. The highest BCUT2D eigenvalue weighted by Gasteiger charge is 2.31. The number of methoxy groups -OCH3 is 1. The van der Waals surface area contributed by atoms with Gasteiger partial charge in [0.15, 0.2) is 0 Å². The average Bonchev–Trinajstić information content (AvgIpc) is 3.16. The maximum absolute atomic E-state index is 12.7. The van der Waals surface area contributed by atoms with E-state index in [0.29, 0.717) is 22.4 Å². The van der Waals surface area contributed by atoms with Crippen LogP contribution in [-0.4, -0.2) is 40.0 Å². The van der Waals surface area contributed by atoms with Crippen molar-refractivity contribution in [2.24, 2.45) is 0 Å². The van der Waals surface area contributed by atoms with Crippen LogP contribution in [0, 0.1) is 0 Å². The zero-order valence-corrected chi connectivity index (χ0v) is 17.6. The highest BCUT2D eigenvalue weighted by atomic mass is 32.2. The lowest BCUT2D eigenvalue weighted by Gasteiger charge is -2.13. The fraction of sp³-hybridized carbons (Fsp3) is 0.273. The zero-order chi connectivity index (χ0) is 19.7. The molecule has 28 heavy (non-hydrogen) atoms. The van der Waals surface area contributed by atoms with E-state index < -0.39 is 0 Å². The molecular formula is C22H22N2O2S2. The van der Waals surface area contributed by atoms with Gasteiger partial charge in [-0.1, -0.05) is 48.2 Å². The van der Waals surface area contributed by atoms with Gasteiger partial charge in [-0.2, -0.15) is 0 Å². The highest BCUT2D eigenvalue weighted by Crippen LogP contribution is 2.34. The van der Waals surface area contributed by atoms with E-state index in [9.17, 15) is 4.79 Å². The molecule has 2 heterocycles. The van der Waals surface area contributed by atoms with E-state index in [4.69, 9.17) is 17.0 Å². The van der Waals surface area contributed by atoms with Gasteiger partial charge in [0.2, 0.25) is 0 Å². The van der Waals surface area contributed by atoms with Gasteiger partial charge in [0.1, 0.15) is 4.32 Å². The van der Waals surface area contributed by atoms with Gasteiger partial charge in [-0.15, -0.1) is 0 Å². The van der Waals surface area contributed by atoms with Crippen LogP contribution in [0.15, 0.2) is 47.4 Å². The Morgan fingerprint density at radius 1 is 1.14 bits per heavy atom. The number of aromatic nitrogens is 1. The number of carbonyl (C=O) groups excluding carboxylic acids is 1. The molecule has 2 aromatic carbocycles. The largest absolute Gasteiger partial charge is 0.385 e. The zero-order valence-electron chi connectivity index (χ0n) is 16.0. The topological polar surface area (TPSA) is 34.5 Å². The summed E-state index contributed by atoms with van der Waals surface area (Å²) in [6.45, 7) is 4.30. The van der Waals surface area contributed by atoms with E-state index in [1.807, 2.05) is 6.08 Å². The second-order valence-electron chi connectivity index (χ2n) is 6.72. The first-order chi connectivity index (χ1) is 13.6. The van der Waals surface area contributed by atoms with Crippen molar-refractivity contribution in [3.05, 3.63) is 52.9 Å². The molecule has 1 fully saturated rings. The van der Waals surface area contributed by atoms with Gasteiger partial charge >= 0.3 is 0 Å². The van der Waals surface area contributed by atoms with E-state index in [1.54, 1.807) is 12.0 Å². The van der Waals surface area contributed by atoms with E-state index in [2.05, 4.69) is 54.0 Å². The van der Waals surface area contributed by atoms with Crippen molar-refractivity contribution >= 4 is 62.1 Å². The summed E-state index contributed by atoms with van der Waals surface area (Å²) in [4.78, 5) is 15.1. The molecular weight excluding hydrogens is 388 g/mol. The van der Waals surface area contributed by atoms with Gasteiger partial charge in [-0.3, -0.25) is 9.69 Å². The predicted octanol–water partition coefficient (Wildman–Crippen LogP) is 5.05. The highest BCUT2D eigenvalue weighted by molar-refractivity contribution is 8.26. The molecule has 1 aliphatic heterocycles. The summed E-state index contributed by atoms with van der Waals surface area (Å²) in [5.74, 6) is -0.0119. The molecule has 6 heteroatoms. The van der Waals surface area contributed by atoms with Crippen LogP contribution in [0.3, 0.4) is 0 Å². The smallest absolute Gasteiger partial charge is 0.266 e. The van der Waals surface area contributed by atoms with E-state index in [-0.39, 0.29) is 5.91 Å². The van der Waals surface area contributed by atoms with Crippen LogP contribution >= 0.6 is 24.0 Å². The number of amides is 1. The number of rotatable bonds is 6. The van der Waals surface area contributed by atoms with Crippen molar-refractivity contribution in [2.45, 2.75) is 19.9 Å². The number of hydrogen-bond donors (Lipinski definition) is 0. The number of nitrogens with zero attached hydrogens (tertiary/aromatic N) is 2. The lowest BCUT2D eigenvalue weighted by atomic mass is 10.1. The number of ether oxygens (including phenoxy) is 1. The summed E-state index contributed by atoms with van der Waals surface area (Å²) in [7, 11) is 1.66. The lowest BCUT2D eigenvalue weighted by Crippen LogP contribution is -2.29. The van der Waals surface area contributed by atoms with Gasteiger partial charge in [0.25, 0.3) is 5.91 Å². The van der Waals surface area contributed by atoms with Crippen molar-refractivity contribution in [1.29, 1.82) is 0 Å². The van der Waals surface area contributed by atoms with Crippen LogP contribution in [0.2, 0.25) is 0 Å². The molecule has 0 spiro atoms. The summed E-state index contributed by atoms with van der Waals surface area (Å²) in [5, 5.41) is 2.45. The Morgan fingerprint density at radius 3 is 2.71 bits per heavy atom. The second kappa shape index (κ2) is 8.07. The fourth-order valence-electron chi connectivity index (χ4n) is 3.71. The Kier molecular flexibility index (Phi) is 5.53. The Morgan fingerprint density at radius 2 is 1.93 bits per heavy atom. The second-order valence-corrected chi connectivity index (χ2v) is 8.39. The Labute approximate surface area is 174 Å². The number of para-hydroxylation sites is 1. The molecule has 1 aromatic heterocycles.